The average molecular weight is 255 g/mol. The first-order valence-corrected chi connectivity index (χ1v) is 6.84. The summed E-state index contributed by atoms with van der Waals surface area (Å²) in [5, 5.41) is 3.44. The first kappa shape index (κ1) is 13.7. The summed E-state index contributed by atoms with van der Waals surface area (Å²) >= 11 is 0. The van der Waals surface area contributed by atoms with Gasteiger partial charge in [-0.1, -0.05) is 45.0 Å². The minimum atomic E-state index is 0.468. The van der Waals surface area contributed by atoms with Gasteiger partial charge in [-0.15, -0.1) is 0 Å². The Hall–Kier alpha value is -1.74. The van der Waals surface area contributed by atoms with E-state index < -0.39 is 0 Å². The molecule has 1 N–H and O–H groups in total. The van der Waals surface area contributed by atoms with Crippen LogP contribution >= 0.6 is 0 Å². The second kappa shape index (κ2) is 6.43. The Morgan fingerprint density at radius 2 is 1.95 bits per heavy atom. The van der Waals surface area contributed by atoms with Gasteiger partial charge in [0, 0.05) is 30.0 Å². The molecule has 19 heavy (non-hydrogen) atoms. The predicted molar refractivity (Wildman–Crippen MR) is 78.8 cm³/mol. The Kier molecular flexibility index (Phi) is 4.63. The van der Waals surface area contributed by atoms with Crippen LogP contribution in [-0.4, -0.2) is 16.0 Å². The van der Waals surface area contributed by atoms with E-state index in [9.17, 15) is 0 Å². The van der Waals surface area contributed by atoms with Crippen molar-refractivity contribution in [3.05, 3.63) is 47.8 Å². The van der Waals surface area contributed by atoms with Crippen molar-refractivity contribution >= 4 is 0 Å². The van der Waals surface area contributed by atoms with Crippen molar-refractivity contribution in [1.29, 1.82) is 0 Å². The summed E-state index contributed by atoms with van der Waals surface area (Å²) in [5.41, 5.74) is 3.44. The maximum absolute atomic E-state index is 4.61. The number of hydrogen-bond donors (Lipinski definition) is 1. The number of aryl methyl sites for hydroxylation is 1. The summed E-state index contributed by atoms with van der Waals surface area (Å²) in [4.78, 5) is 9.02. The van der Waals surface area contributed by atoms with Crippen molar-refractivity contribution in [2.45, 2.75) is 39.8 Å². The van der Waals surface area contributed by atoms with Gasteiger partial charge >= 0.3 is 0 Å². The Balaban J connectivity index is 2.32. The summed E-state index contributed by atoms with van der Waals surface area (Å²) in [7, 11) is 0. The highest BCUT2D eigenvalue weighted by atomic mass is 14.9. The predicted octanol–water partition coefficient (Wildman–Crippen LogP) is 3.20. The van der Waals surface area contributed by atoms with Crippen molar-refractivity contribution in [3.8, 4) is 11.4 Å². The van der Waals surface area contributed by atoms with Crippen molar-refractivity contribution in [2.75, 3.05) is 0 Å². The molecule has 2 rings (SSSR count). The second-order valence-electron chi connectivity index (χ2n) is 4.92. The van der Waals surface area contributed by atoms with E-state index in [4.69, 9.17) is 0 Å². The number of hydrogen-bond acceptors (Lipinski definition) is 3. The van der Waals surface area contributed by atoms with Gasteiger partial charge in [0.05, 0.1) is 0 Å². The Bertz CT molecular complexity index is 535. The van der Waals surface area contributed by atoms with Crippen LogP contribution in [0.4, 0.5) is 0 Å². The molecule has 0 saturated heterocycles. The van der Waals surface area contributed by atoms with E-state index in [0.717, 1.165) is 30.0 Å². The van der Waals surface area contributed by atoms with E-state index in [2.05, 4.69) is 54.3 Å². The molecular formula is C16H21N3. The van der Waals surface area contributed by atoms with Crippen LogP contribution in [0.25, 0.3) is 11.4 Å². The molecule has 100 valence electrons. The lowest BCUT2D eigenvalue weighted by Gasteiger charge is -2.12. The lowest BCUT2D eigenvalue weighted by molar-refractivity contribution is 0.589. The van der Waals surface area contributed by atoms with E-state index in [1.807, 2.05) is 18.3 Å². The molecule has 0 spiro atoms. The summed E-state index contributed by atoms with van der Waals surface area (Å²) in [6, 6.07) is 10.8. The maximum Gasteiger partial charge on any atom is 0.159 e. The highest BCUT2D eigenvalue weighted by Crippen LogP contribution is 2.20. The van der Waals surface area contributed by atoms with Crippen molar-refractivity contribution in [1.82, 2.24) is 15.3 Å². The van der Waals surface area contributed by atoms with Gasteiger partial charge in [-0.3, -0.25) is 0 Å². The normalized spacial score (nSPS) is 10.9. The van der Waals surface area contributed by atoms with Crippen LogP contribution < -0.4 is 5.32 Å². The standard InChI is InChI=1S/C16H21N3/c1-4-14-9-10-17-16(19-14)15-8-6-5-7-13(15)11-18-12(2)3/h5-10,12,18H,4,11H2,1-3H3. The zero-order chi connectivity index (χ0) is 13.7. The highest BCUT2D eigenvalue weighted by molar-refractivity contribution is 5.60. The third-order valence-corrected chi connectivity index (χ3v) is 3.03. The molecule has 0 aliphatic rings. The molecule has 0 aliphatic heterocycles. The molecule has 1 aromatic carbocycles. The molecular weight excluding hydrogens is 234 g/mol. The number of benzene rings is 1. The van der Waals surface area contributed by atoms with E-state index in [0.29, 0.717) is 6.04 Å². The van der Waals surface area contributed by atoms with E-state index in [-0.39, 0.29) is 0 Å². The molecule has 0 saturated carbocycles. The molecule has 0 atom stereocenters. The zero-order valence-corrected chi connectivity index (χ0v) is 11.9. The van der Waals surface area contributed by atoms with Crippen LogP contribution in [0.3, 0.4) is 0 Å². The van der Waals surface area contributed by atoms with Crippen molar-refractivity contribution < 1.29 is 0 Å². The zero-order valence-electron chi connectivity index (χ0n) is 11.9. The molecule has 0 bridgehead atoms. The first-order valence-electron chi connectivity index (χ1n) is 6.84. The monoisotopic (exact) mass is 255 g/mol. The van der Waals surface area contributed by atoms with Gasteiger partial charge in [-0.2, -0.15) is 0 Å². The Labute approximate surface area is 115 Å². The van der Waals surface area contributed by atoms with E-state index in [1.54, 1.807) is 0 Å². The summed E-state index contributed by atoms with van der Waals surface area (Å²) in [5.74, 6) is 0.820. The highest BCUT2D eigenvalue weighted by Gasteiger charge is 2.08. The van der Waals surface area contributed by atoms with Gasteiger partial charge in [0.2, 0.25) is 0 Å². The minimum Gasteiger partial charge on any atom is -0.310 e. The molecule has 0 amide bonds. The quantitative estimate of drug-likeness (QED) is 0.891. The van der Waals surface area contributed by atoms with E-state index >= 15 is 0 Å². The summed E-state index contributed by atoms with van der Waals surface area (Å²) in [6.07, 6.45) is 2.77. The third-order valence-electron chi connectivity index (χ3n) is 3.03. The minimum absolute atomic E-state index is 0.468. The third kappa shape index (κ3) is 3.61. The molecule has 0 fully saturated rings. The molecule has 1 aromatic heterocycles. The van der Waals surface area contributed by atoms with Gasteiger partial charge in [0.25, 0.3) is 0 Å². The molecule has 2 aromatic rings. The summed E-state index contributed by atoms with van der Waals surface area (Å²) in [6.45, 7) is 7.25. The van der Waals surface area contributed by atoms with Crippen LogP contribution in [0.2, 0.25) is 0 Å². The molecule has 3 nitrogen and oxygen atoms in total. The van der Waals surface area contributed by atoms with Crippen LogP contribution in [-0.2, 0) is 13.0 Å². The van der Waals surface area contributed by atoms with Crippen LogP contribution in [0, 0.1) is 0 Å². The van der Waals surface area contributed by atoms with Gasteiger partial charge in [-0.25, -0.2) is 9.97 Å². The maximum atomic E-state index is 4.61. The average Bonchev–Trinajstić information content (AvgIpc) is 2.45. The van der Waals surface area contributed by atoms with Gasteiger partial charge in [0.1, 0.15) is 0 Å². The lowest BCUT2D eigenvalue weighted by Crippen LogP contribution is -2.22. The SMILES string of the molecule is CCc1ccnc(-c2ccccc2CNC(C)C)n1. The first-order chi connectivity index (χ1) is 9.20. The fourth-order valence-electron chi connectivity index (χ4n) is 1.93. The van der Waals surface area contributed by atoms with Gasteiger partial charge in [0.15, 0.2) is 5.82 Å². The Morgan fingerprint density at radius 3 is 2.68 bits per heavy atom. The van der Waals surface area contributed by atoms with Crippen molar-refractivity contribution in [3.63, 3.8) is 0 Å². The number of aromatic nitrogens is 2. The van der Waals surface area contributed by atoms with Crippen molar-refractivity contribution in [2.24, 2.45) is 0 Å². The van der Waals surface area contributed by atoms with Crippen LogP contribution in [0.15, 0.2) is 36.5 Å². The fraction of sp³-hybridized carbons (Fsp3) is 0.375. The molecule has 0 aliphatic carbocycles. The van der Waals surface area contributed by atoms with Crippen LogP contribution in [0.1, 0.15) is 32.0 Å². The molecule has 0 unspecified atom stereocenters. The fourth-order valence-corrected chi connectivity index (χ4v) is 1.93. The number of rotatable bonds is 5. The van der Waals surface area contributed by atoms with Gasteiger partial charge < -0.3 is 5.32 Å². The Morgan fingerprint density at radius 1 is 1.16 bits per heavy atom. The topological polar surface area (TPSA) is 37.8 Å². The largest absolute Gasteiger partial charge is 0.310 e. The molecule has 3 heteroatoms. The number of nitrogens with zero attached hydrogens (tertiary/aromatic N) is 2. The molecule has 1 heterocycles. The second-order valence-corrected chi connectivity index (χ2v) is 4.92. The summed E-state index contributed by atoms with van der Waals surface area (Å²) < 4.78 is 0. The van der Waals surface area contributed by atoms with E-state index in [1.165, 1.54) is 5.56 Å². The van der Waals surface area contributed by atoms with Gasteiger partial charge in [-0.05, 0) is 18.1 Å². The van der Waals surface area contributed by atoms with Crippen LogP contribution in [0.5, 0.6) is 0 Å². The lowest BCUT2D eigenvalue weighted by atomic mass is 10.1. The molecule has 0 radical (unpaired) electrons. The number of nitrogens with one attached hydrogen (secondary N) is 1. The smallest absolute Gasteiger partial charge is 0.159 e.